The van der Waals surface area contributed by atoms with E-state index in [2.05, 4.69) is 54.0 Å². The lowest BCUT2D eigenvalue weighted by atomic mass is 10.3. The van der Waals surface area contributed by atoms with Gasteiger partial charge in [-0.1, -0.05) is 17.8 Å². The number of imidazole rings is 1. The molecule has 26 heavy (non-hydrogen) atoms. The molecule has 3 N–H and O–H groups in total. The average molecular weight is 482 g/mol. The van der Waals surface area contributed by atoms with Gasteiger partial charge in [-0.05, 0) is 40.8 Å². The summed E-state index contributed by atoms with van der Waals surface area (Å²) in [5.74, 6) is 1.19. The molecule has 0 saturated carbocycles. The molecule has 7 nitrogen and oxygen atoms in total. The van der Waals surface area contributed by atoms with E-state index in [0.29, 0.717) is 17.9 Å². The second-order valence-corrected chi connectivity index (χ2v) is 7.54. The van der Waals surface area contributed by atoms with Crippen molar-refractivity contribution in [1.82, 2.24) is 24.8 Å². The number of methoxy groups -OCH3 is 1. The molecule has 3 aromatic rings. The van der Waals surface area contributed by atoms with Crippen molar-refractivity contribution in [2.45, 2.75) is 16.6 Å². The molecule has 0 amide bonds. The van der Waals surface area contributed by atoms with E-state index in [-0.39, 0.29) is 0 Å². The Balaban J connectivity index is 1.98. The van der Waals surface area contributed by atoms with E-state index >= 15 is 0 Å². The van der Waals surface area contributed by atoms with E-state index in [4.69, 9.17) is 10.5 Å². The maximum Gasteiger partial charge on any atom is 0.175 e. The third kappa shape index (κ3) is 4.10. The summed E-state index contributed by atoms with van der Waals surface area (Å²) in [6, 6.07) is 5.97. The van der Waals surface area contributed by atoms with Crippen molar-refractivity contribution in [2.24, 2.45) is 0 Å². The van der Waals surface area contributed by atoms with Crippen molar-refractivity contribution < 1.29 is 4.74 Å². The van der Waals surface area contributed by atoms with Gasteiger partial charge in [-0.25, -0.2) is 15.0 Å². The van der Waals surface area contributed by atoms with Crippen molar-refractivity contribution in [2.75, 3.05) is 25.9 Å². The topological polar surface area (TPSA) is 90.9 Å². The Kier molecular flexibility index (Phi) is 6.33. The van der Waals surface area contributed by atoms with Crippen LogP contribution in [0.3, 0.4) is 0 Å². The summed E-state index contributed by atoms with van der Waals surface area (Å²) in [4.78, 5) is 14.2. The van der Waals surface area contributed by atoms with Gasteiger partial charge in [0.15, 0.2) is 22.1 Å². The molecular weight excluding hydrogens is 463 g/mol. The Morgan fingerprint density at radius 2 is 2.27 bits per heavy atom. The Morgan fingerprint density at radius 3 is 3.04 bits per heavy atom. The smallest absolute Gasteiger partial charge is 0.175 e. The van der Waals surface area contributed by atoms with Gasteiger partial charge in [-0.2, -0.15) is 0 Å². The third-order valence-corrected chi connectivity index (χ3v) is 6.02. The van der Waals surface area contributed by atoms with Crippen LogP contribution in [0.2, 0.25) is 0 Å². The Hall–Kier alpha value is -1.85. The van der Waals surface area contributed by atoms with E-state index in [9.17, 15) is 0 Å². The number of ether oxygens (including phenoxy) is 1. The Bertz CT molecular complexity index is 929. The molecule has 0 aliphatic rings. The zero-order chi connectivity index (χ0) is 18.5. The summed E-state index contributed by atoms with van der Waals surface area (Å²) in [7, 11) is 1.66. The molecule has 0 fully saturated rings. The fourth-order valence-corrected chi connectivity index (χ4v) is 4.02. The lowest BCUT2D eigenvalue weighted by Crippen LogP contribution is -2.20. The van der Waals surface area contributed by atoms with Crippen LogP contribution < -0.4 is 15.8 Å². The minimum atomic E-state index is 0.384. The molecule has 0 saturated heterocycles. The molecule has 0 radical (unpaired) electrons. The number of hydrogen-bond donors (Lipinski definition) is 2. The fourth-order valence-electron chi connectivity index (χ4n) is 2.40. The maximum atomic E-state index is 6.00. The fraction of sp³-hybridized carbons (Fsp3) is 0.235. The lowest BCUT2D eigenvalue weighted by Gasteiger charge is -2.10. The number of hydrogen-bond acceptors (Lipinski definition) is 7. The van der Waals surface area contributed by atoms with Gasteiger partial charge in [0, 0.05) is 28.1 Å². The summed E-state index contributed by atoms with van der Waals surface area (Å²) in [6.07, 6.45) is 3.30. The predicted molar refractivity (Wildman–Crippen MR) is 113 cm³/mol. The van der Waals surface area contributed by atoms with Crippen LogP contribution >= 0.6 is 34.4 Å². The van der Waals surface area contributed by atoms with E-state index in [1.807, 2.05) is 24.3 Å². The number of rotatable bonds is 8. The first-order valence-corrected chi connectivity index (χ1v) is 9.83. The number of aromatic nitrogens is 4. The number of nitrogens with zero attached hydrogens (tertiary/aromatic N) is 4. The van der Waals surface area contributed by atoms with Gasteiger partial charge in [0.05, 0.1) is 7.11 Å². The minimum Gasteiger partial charge on any atom is -0.497 e. The van der Waals surface area contributed by atoms with Crippen LogP contribution in [0.5, 0.6) is 5.75 Å². The zero-order valence-electron chi connectivity index (χ0n) is 14.3. The zero-order valence-corrected chi connectivity index (χ0v) is 17.2. The van der Waals surface area contributed by atoms with Crippen LogP contribution in [0, 0.1) is 3.57 Å². The average Bonchev–Trinajstić information content (AvgIpc) is 2.99. The largest absolute Gasteiger partial charge is 0.497 e. The summed E-state index contributed by atoms with van der Waals surface area (Å²) < 4.78 is 8.52. The van der Waals surface area contributed by atoms with Gasteiger partial charge in [-0.15, -0.1) is 6.58 Å². The highest BCUT2D eigenvalue weighted by Crippen LogP contribution is 2.35. The molecule has 2 heterocycles. The quantitative estimate of drug-likeness (QED) is 0.290. The molecule has 3 rings (SSSR count). The standard InChI is InChI=1S/C17H19IN6OS/c1-3-6-20-7-8-24-16-14(15(19)21-10-22-16)23-17(24)26-13-9-11(25-2)4-5-12(13)18/h3-5,9-10,20H,1,6-8H2,2H3,(H2,19,21,22). The molecule has 2 aromatic heterocycles. The summed E-state index contributed by atoms with van der Waals surface area (Å²) in [5, 5.41) is 4.12. The van der Waals surface area contributed by atoms with Crippen molar-refractivity contribution in [3.8, 4) is 5.75 Å². The first-order valence-electron chi connectivity index (χ1n) is 7.93. The summed E-state index contributed by atoms with van der Waals surface area (Å²) in [6.45, 7) is 5.95. The molecule has 0 bridgehead atoms. The van der Waals surface area contributed by atoms with E-state index in [0.717, 1.165) is 38.1 Å². The normalized spacial score (nSPS) is 11.0. The molecule has 0 aliphatic heterocycles. The van der Waals surface area contributed by atoms with Crippen molar-refractivity contribution >= 4 is 51.3 Å². The van der Waals surface area contributed by atoms with Gasteiger partial charge in [-0.3, -0.25) is 0 Å². The number of nitrogens with one attached hydrogen (secondary N) is 1. The van der Waals surface area contributed by atoms with Gasteiger partial charge in [0.2, 0.25) is 0 Å². The van der Waals surface area contributed by atoms with Crippen LogP contribution in [0.25, 0.3) is 11.2 Å². The first-order chi connectivity index (χ1) is 12.6. The van der Waals surface area contributed by atoms with Crippen molar-refractivity contribution in [3.05, 3.63) is 40.8 Å². The number of nitrogens with two attached hydrogens (primary N) is 1. The summed E-state index contributed by atoms with van der Waals surface area (Å²) in [5.41, 5.74) is 7.35. The predicted octanol–water partition coefficient (Wildman–Crippen LogP) is 2.95. The Labute approximate surface area is 169 Å². The van der Waals surface area contributed by atoms with Crippen LogP contribution in [0.1, 0.15) is 0 Å². The van der Waals surface area contributed by atoms with E-state index in [1.54, 1.807) is 18.9 Å². The first kappa shape index (κ1) is 18.9. The monoisotopic (exact) mass is 482 g/mol. The highest BCUT2D eigenvalue weighted by atomic mass is 127. The summed E-state index contributed by atoms with van der Waals surface area (Å²) >= 11 is 3.87. The van der Waals surface area contributed by atoms with E-state index < -0.39 is 0 Å². The molecule has 136 valence electrons. The molecule has 0 atom stereocenters. The minimum absolute atomic E-state index is 0.384. The third-order valence-electron chi connectivity index (χ3n) is 3.67. The Morgan fingerprint density at radius 1 is 1.42 bits per heavy atom. The maximum absolute atomic E-state index is 6.00. The van der Waals surface area contributed by atoms with Crippen LogP contribution in [-0.2, 0) is 6.54 Å². The highest BCUT2D eigenvalue weighted by molar-refractivity contribution is 14.1. The number of halogens is 1. The highest BCUT2D eigenvalue weighted by Gasteiger charge is 2.17. The van der Waals surface area contributed by atoms with Gasteiger partial charge >= 0.3 is 0 Å². The van der Waals surface area contributed by atoms with E-state index in [1.165, 1.54) is 6.33 Å². The molecule has 1 aromatic carbocycles. The molecule has 9 heteroatoms. The van der Waals surface area contributed by atoms with Gasteiger partial charge in [0.25, 0.3) is 0 Å². The number of anilines is 1. The molecular formula is C17H19IN6OS. The molecule has 0 spiro atoms. The second-order valence-electron chi connectivity index (χ2n) is 5.37. The molecule has 0 aliphatic carbocycles. The number of fused-ring (bicyclic) bond motifs is 1. The number of nitrogen functional groups attached to an aromatic ring is 1. The SMILES string of the molecule is C=CCNCCn1c(Sc2cc(OC)ccc2I)nc2c(N)ncnc21. The van der Waals surface area contributed by atoms with Crippen LogP contribution in [0.4, 0.5) is 5.82 Å². The lowest BCUT2D eigenvalue weighted by molar-refractivity contribution is 0.413. The molecule has 0 unspecified atom stereocenters. The van der Waals surface area contributed by atoms with Gasteiger partial charge < -0.3 is 20.4 Å². The van der Waals surface area contributed by atoms with Crippen LogP contribution in [0.15, 0.2) is 47.2 Å². The second kappa shape index (κ2) is 8.69. The van der Waals surface area contributed by atoms with Crippen LogP contribution in [-0.4, -0.2) is 39.7 Å². The van der Waals surface area contributed by atoms with Crippen molar-refractivity contribution in [1.29, 1.82) is 0 Å². The van der Waals surface area contributed by atoms with Crippen molar-refractivity contribution in [3.63, 3.8) is 0 Å². The van der Waals surface area contributed by atoms with Gasteiger partial charge in [0.1, 0.15) is 12.1 Å². The number of benzene rings is 1.